The molecule has 0 saturated carbocycles. The van der Waals surface area contributed by atoms with Crippen molar-refractivity contribution in [2.75, 3.05) is 17.7 Å². The lowest BCUT2D eigenvalue weighted by Gasteiger charge is -2.20. The van der Waals surface area contributed by atoms with Crippen LogP contribution in [0.3, 0.4) is 0 Å². The number of carbonyl (C=O) groups excluding carboxylic acids is 2. The van der Waals surface area contributed by atoms with E-state index in [1.165, 1.54) is 6.07 Å². The minimum Gasteiger partial charge on any atom is -0.452 e. The van der Waals surface area contributed by atoms with E-state index in [4.69, 9.17) is 10.5 Å². The van der Waals surface area contributed by atoms with Gasteiger partial charge in [-0.15, -0.1) is 0 Å². The molecule has 0 saturated heterocycles. The van der Waals surface area contributed by atoms with Crippen LogP contribution in [0.2, 0.25) is 0 Å². The van der Waals surface area contributed by atoms with Gasteiger partial charge < -0.3 is 15.8 Å². The number of nitrogen functional groups attached to an aromatic ring is 1. The summed E-state index contributed by atoms with van der Waals surface area (Å²) in [5.74, 6) is -0.902. The molecule has 0 spiro atoms. The smallest absolute Gasteiger partial charge is 0.340 e. The van der Waals surface area contributed by atoms with E-state index in [1.54, 1.807) is 0 Å². The van der Waals surface area contributed by atoms with Crippen LogP contribution < -0.4 is 11.1 Å². The summed E-state index contributed by atoms with van der Waals surface area (Å²) in [5.41, 5.74) is 8.06. The molecule has 2 aromatic carbocycles. The van der Waals surface area contributed by atoms with Crippen molar-refractivity contribution in [1.29, 1.82) is 0 Å². The average molecular weight is 399 g/mol. The van der Waals surface area contributed by atoms with Gasteiger partial charge in [-0.25, -0.2) is 4.79 Å². The highest BCUT2D eigenvalue weighted by Crippen LogP contribution is 2.32. The van der Waals surface area contributed by atoms with E-state index in [1.807, 2.05) is 45.9 Å². The molecule has 2 rings (SSSR count). The molecule has 0 aliphatic carbocycles. The van der Waals surface area contributed by atoms with Gasteiger partial charge in [-0.05, 0) is 29.0 Å². The maximum atomic E-state index is 12.4. The van der Waals surface area contributed by atoms with Crippen LogP contribution in [-0.4, -0.2) is 23.4 Å². The first-order valence-electron chi connectivity index (χ1n) is 9.25. The number of nitro groups is 1. The topological polar surface area (TPSA) is 125 Å². The normalized spacial score (nSPS) is 10.8. The minimum atomic E-state index is -0.825. The molecular weight excluding hydrogens is 374 g/mol. The molecule has 0 fully saturated rings. The second-order valence-corrected chi connectivity index (χ2v) is 7.27. The van der Waals surface area contributed by atoms with Crippen LogP contribution in [0.5, 0.6) is 0 Å². The number of benzene rings is 2. The number of nitrogens with one attached hydrogen (secondary N) is 1. The third-order valence-corrected chi connectivity index (χ3v) is 4.44. The van der Waals surface area contributed by atoms with Gasteiger partial charge in [-0.1, -0.05) is 45.9 Å². The summed E-state index contributed by atoms with van der Waals surface area (Å²) in [7, 11) is 0. The summed E-state index contributed by atoms with van der Waals surface area (Å²) in [6, 6.07) is 9.30. The zero-order valence-corrected chi connectivity index (χ0v) is 16.9. The molecule has 0 radical (unpaired) electrons. The van der Waals surface area contributed by atoms with E-state index < -0.39 is 23.4 Å². The first-order chi connectivity index (χ1) is 13.6. The summed E-state index contributed by atoms with van der Waals surface area (Å²) in [5, 5.41) is 13.6. The Morgan fingerprint density at radius 3 is 2.17 bits per heavy atom. The lowest BCUT2D eigenvalue weighted by atomic mass is 9.92. The molecule has 0 aliphatic rings. The molecule has 1 amide bonds. The number of ether oxygens (including phenoxy) is 1. The van der Waals surface area contributed by atoms with E-state index in [-0.39, 0.29) is 28.8 Å². The van der Waals surface area contributed by atoms with Crippen LogP contribution in [0.1, 0.15) is 61.0 Å². The number of non-ortho nitro benzene ring substituents is 1. The number of nitrogens with zero attached hydrogens (tertiary/aromatic N) is 1. The zero-order chi connectivity index (χ0) is 21.7. The Balaban J connectivity index is 2.11. The molecule has 0 atom stereocenters. The molecule has 154 valence electrons. The number of amides is 1. The van der Waals surface area contributed by atoms with E-state index in [0.717, 1.165) is 28.9 Å². The molecule has 8 heteroatoms. The summed E-state index contributed by atoms with van der Waals surface area (Å²) < 4.78 is 5.04. The van der Waals surface area contributed by atoms with Gasteiger partial charge in [-0.3, -0.25) is 14.9 Å². The maximum Gasteiger partial charge on any atom is 0.340 e. The fourth-order valence-corrected chi connectivity index (χ4v) is 2.93. The number of nitrogens with two attached hydrogens (primary N) is 1. The molecule has 2 aromatic rings. The van der Waals surface area contributed by atoms with Crippen LogP contribution in [-0.2, 0) is 9.53 Å². The van der Waals surface area contributed by atoms with Gasteiger partial charge in [0.25, 0.3) is 11.6 Å². The number of rotatable bonds is 7. The third kappa shape index (κ3) is 5.31. The second-order valence-electron chi connectivity index (χ2n) is 7.27. The number of hydrogen-bond donors (Lipinski definition) is 2. The Bertz CT molecular complexity index is 912. The molecule has 0 aliphatic heterocycles. The molecule has 0 bridgehead atoms. The maximum absolute atomic E-state index is 12.4. The number of hydrogen-bond acceptors (Lipinski definition) is 6. The van der Waals surface area contributed by atoms with E-state index in [2.05, 4.69) is 5.32 Å². The van der Waals surface area contributed by atoms with Crippen LogP contribution in [0, 0.1) is 10.1 Å². The molecule has 8 nitrogen and oxygen atoms in total. The van der Waals surface area contributed by atoms with Gasteiger partial charge in [0.1, 0.15) is 0 Å². The molecule has 0 aromatic heterocycles. The Morgan fingerprint density at radius 2 is 1.69 bits per heavy atom. The average Bonchev–Trinajstić information content (AvgIpc) is 2.65. The Kier molecular flexibility index (Phi) is 6.93. The van der Waals surface area contributed by atoms with Crippen molar-refractivity contribution in [2.24, 2.45) is 0 Å². The monoisotopic (exact) mass is 399 g/mol. The molecule has 3 N–H and O–H groups in total. The van der Waals surface area contributed by atoms with Crippen LogP contribution in [0.25, 0.3) is 0 Å². The highest BCUT2D eigenvalue weighted by Gasteiger charge is 2.19. The van der Waals surface area contributed by atoms with Crippen molar-refractivity contribution in [3.63, 3.8) is 0 Å². The first-order valence-corrected chi connectivity index (χ1v) is 9.25. The SMILES string of the molecule is CC(C)c1cccc(C(C)C)c1NC(=O)COC(=O)c1ccc([N+](=O)[O-])cc1N. The fraction of sp³-hybridized carbons (Fsp3) is 0.333. The fourth-order valence-electron chi connectivity index (χ4n) is 2.93. The summed E-state index contributed by atoms with van der Waals surface area (Å²) in [4.78, 5) is 34.8. The highest BCUT2D eigenvalue weighted by atomic mass is 16.6. The molecule has 0 unspecified atom stereocenters. The Labute approximate surface area is 169 Å². The number of esters is 1. The minimum absolute atomic E-state index is 0.0335. The van der Waals surface area contributed by atoms with Gasteiger partial charge in [0.2, 0.25) is 0 Å². The Morgan fingerprint density at radius 1 is 1.10 bits per heavy atom. The first kappa shape index (κ1) is 21.9. The van der Waals surface area contributed by atoms with Crippen molar-refractivity contribution < 1.29 is 19.2 Å². The van der Waals surface area contributed by atoms with Crippen LogP contribution >= 0.6 is 0 Å². The predicted molar refractivity (Wildman–Crippen MR) is 111 cm³/mol. The molecule has 29 heavy (non-hydrogen) atoms. The second kappa shape index (κ2) is 9.18. The van der Waals surface area contributed by atoms with Gasteiger partial charge in [-0.2, -0.15) is 0 Å². The molecule has 0 heterocycles. The van der Waals surface area contributed by atoms with Crippen LogP contribution in [0.15, 0.2) is 36.4 Å². The van der Waals surface area contributed by atoms with Crippen LogP contribution in [0.4, 0.5) is 17.1 Å². The molecular formula is C21H25N3O5. The van der Waals surface area contributed by atoms with Crippen molar-refractivity contribution >= 4 is 28.9 Å². The van der Waals surface area contributed by atoms with Gasteiger partial charge >= 0.3 is 5.97 Å². The highest BCUT2D eigenvalue weighted by molar-refractivity contribution is 5.99. The zero-order valence-electron chi connectivity index (χ0n) is 16.9. The summed E-state index contributed by atoms with van der Waals surface area (Å²) in [6.45, 7) is 7.64. The standard InChI is InChI=1S/C21H25N3O5/c1-12(2)15-6-5-7-16(13(3)4)20(15)23-19(25)11-29-21(26)17-9-8-14(24(27)28)10-18(17)22/h5-10,12-13H,11,22H2,1-4H3,(H,23,25). The van der Waals surface area contributed by atoms with Crippen molar-refractivity contribution in [2.45, 2.75) is 39.5 Å². The van der Waals surface area contributed by atoms with Gasteiger partial charge in [0, 0.05) is 17.8 Å². The largest absolute Gasteiger partial charge is 0.452 e. The number of nitro benzene ring substituents is 1. The summed E-state index contributed by atoms with van der Waals surface area (Å²) in [6.07, 6.45) is 0. The third-order valence-electron chi connectivity index (χ3n) is 4.44. The lowest BCUT2D eigenvalue weighted by Crippen LogP contribution is -2.23. The van der Waals surface area contributed by atoms with E-state index in [0.29, 0.717) is 0 Å². The predicted octanol–water partition coefficient (Wildman–Crippen LogP) is 4.22. The summed E-state index contributed by atoms with van der Waals surface area (Å²) >= 11 is 0. The number of carbonyl (C=O) groups is 2. The Hall–Kier alpha value is -3.42. The number of anilines is 2. The van der Waals surface area contributed by atoms with E-state index in [9.17, 15) is 19.7 Å². The van der Waals surface area contributed by atoms with Gasteiger partial charge in [0.05, 0.1) is 16.2 Å². The van der Waals surface area contributed by atoms with Crippen molar-refractivity contribution in [3.8, 4) is 0 Å². The van der Waals surface area contributed by atoms with Crippen molar-refractivity contribution in [1.82, 2.24) is 0 Å². The van der Waals surface area contributed by atoms with Crippen molar-refractivity contribution in [3.05, 3.63) is 63.2 Å². The quantitative estimate of drug-likeness (QED) is 0.311. The van der Waals surface area contributed by atoms with E-state index >= 15 is 0 Å². The lowest BCUT2D eigenvalue weighted by molar-refractivity contribution is -0.384. The van der Waals surface area contributed by atoms with Gasteiger partial charge in [0.15, 0.2) is 6.61 Å². The number of para-hydroxylation sites is 1.